The number of nitrogens with zero attached hydrogens (tertiary/aromatic N) is 3. The number of carbonyl (C=O) groups is 1. The molecule has 1 aromatic heterocycles. The number of aromatic nitrogens is 3. The van der Waals surface area contributed by atoms with E-state index in [-0.39, 0.29) is 5.91 Å². The maximum absolute atomic E-state index is 13.7. The first kappa shape index (κ1) is 25.6. The predicted molar refractivity (Wildman–Crippen MR) is 144 cm³/mol. The second kappa shape index (κ2) is 11.5. The fourth-order valence-electron chi connectivity index (χ4n) is 4.15. The average molecular weight is 508 g/mol. The van der Waals surface area contributed by atoms with Gasteiger partial charge in [-0.25, -0.2) is 4.68 Å². The highest BCUT2D eigenvalue weighted by Gasteiger charge is 2.35. The molecule has 3 aromatic rings. The molecule has 4 rings (SSSR count). The Kier molecular flexibility index (Phi) is 8.20. The topological polar surface area (TPSA) is 90.3 Å². The van der Waals surface area contributed by atoms with E-state index in [1.165, 1.54) is 0 Å². The SMILES string of the molecule is CCCCOc1ccc(C2C(C(=O)Nc3cccc(C)c3)=C(C)Nc3nc(SCC)nn32)cc1OC. The van der Waals surface area contributed by atoms with E-state index in [4.69, 9.17) is 14.6 Å². The highest BCUT2D eigenvalue weighted by atomic mass is 32.2. The van der Waals surface area contributed by atoms with Gasteiger partial charge in [-0.1, -0.05) is 50.2 Å². The number of benzene rings is 2. The van der Waals surface area contributed by atoms with Crippen LogP contribution in [0.25, 0.3) is 0 Å². The van der Waals surface area contributed by atoms with Crippen molar-refractivity contribution in [2.24, 2.45) is 0 Å². The van der Waals surface area contributed by atoms with E-state index in [0.717, 1.165) is 41.1 Å². The lowest BCUT2D eigenvalue weighted by molar-refractivity contribution is -0.113. The van der Waals surface area contributed by atoms with Gasteiger partial charge in [-0.3, -0.25) is 4.79 Å². The summed E-state index contributed by atoms with van der Waals surface area (Å²) in [6.45, 7) is 8.69. The number of thioether (sulfide) groups is 1. The van der Waals surface area contributed by atoms with Crippen LogP contribution in [-0.2, 0) is 4.79 Å². The molecule has 9 heteroatoms. The molecule has 1 aliphatic rings. The first-order chi connectivity index (χ1) is 17.4. The van der Waals surface area contributed by atoms with E-state index in [2.05, 4.69) is 29.5 Å². The summed E-state index contributed by atoms with van der Waals surface area (Å²) in [5, 5.41) is 11.7. The Balaban J connectivity index is 1.76. The zero-order valence-electron chi connectivity index (χ0n) is 21.4. The van der Waals surface area contributed by atoms with E-state index in [9.17, 15) is 4.79 Å². The fraction of sp³-hybridized carbons (Fsp3) is 0.370. The summed E-state index contributed by atoms with van der Waals surface area (Å²) >= 11 is 1.56. The van der Waals surface area contributed by atoms with E-state index in [0.29, 0.717) is 34.8 Å². The third-order valence-electron chi connectivity index (χ3n) is 5.89. The minimum Gasteiger partial charge on any atom is -0.493 e. The Bertz CT molecular complexity index is 1270. The van der Waals surface area contributed by atoms with Crippen molar-refractivity contribution in [3.05, 3.63) is 64.9 Å². The van der Waals surface area contributed by atoms with Gasteiger partial charge in [-0.2, -0.15) is 4.98 Å². The van der Waals surface area contributed by atoms with E-state index in [1.807, 2.05) is 56.3 Å². The molecule has 190 valence electrons. The molecule has 2 aromatic carbocycles. The van der Waals surface area contributed by atoms with Crippen molar-refractivity contribution in [3.63, 3.8) is 0 Å². The van der Waals surface area contributed by atoms with Crippen molar-refractivity contribution in [1.82, 2.24) is 14.8 Å². The number of allylic oxidation sites excluding steroid dienone is 1. The van der Waals surface area contributed by atoms with Gasteiger partial charge in [-0.05, 0) is 61.4 Å². The second-order valence-corrected chi connectivity index (χ2v) is 9.83. The number of aryl methyl sites for hydroxylation is 1. The molecule has 1 unspecified atom stereocenters. The lowest BCUT2D eigenvalue weighted by Crippen LogP contribution is -2.31. The van der Waals surface area contributed by atoms with Crippen molar-refractivity contribution < 1.29 is 14.3 Å². The van der Waals surface area contributed by atoms with Crippen LogP contribution in [0.1, 0.15) is 50.8 Å². The second-order valence-electron chi connectivity index (χ2n) is 8.60. The Hall–Kier alpha value is -3.46. The van der Waals surface area contributed by atoms with Gasteiger partial charge >= 0.3 is 0 Å². The number of unbranched alkanes of at least 4 members (excludes halogenated alkanes) is 1. The van der Waals surface area contributed by atoms with Crippen LogP contribution in [0.4, 0.5) is 11.6 Å². The number of methoxy groups -OCH3 is 1. The molecule has 0 aliphatic carbocycles. The molecular formula is C27H33N5O3S. The Morgan fingerprint density at radius 2 is 2.00 bits per heavy atom. The van der Waals surface area contributed by atoms with Gasteiger partial charge in [0.25, 0.3) is 5.91 Å². The van der Waals surface area contributed by atoms with Gasteiger partial charge in [0.1, 0.15) is 6.04 Å². The van der Waals surface area contributed by atoms with Crippen LogP contribution in [0.2, 0.25) is 0 Å². The number of anilines is 2. The number of carbonyl (C=O) groups excluding carboxylic acids is 1. The summed E-state index contributed by atoms with van der Waals surface area (Å²) in [4.78, 5) is 18.3. The van der Waals surface area contributed by atoms with Crippen LogP contribution >= 0.6 is 11.8 Å². The first-order valence-electron chi connectivity index (χ1n) is 12.2. The Morgan fingerprint density at radius 3 is 2.72 bits per heavy atom. The van der Waals surface area contributed by atoms with Gasteiger partial charge in [0.05, 0.1) is 19.3 Å². The van der Waals surface area contributed by atoms with Gasteiger partial charge < -0.3 is 20.1 Å². The standard InChI is InChI=1S/C27H33N5O3S/c1-6-8-14-35-21-13-12-19(16-22(21)34-5)24-23(25(33)29-20-11-9-10-17(3)15-20)18(4)28-26-30-27(36-7-2)31-32(24)26/h9-13,15-16,24H,6-8,14H2,1-5H3,(H,29,33)(H,28,30,31). The molecule has 0 saturated carbocycles. The van der Waals surface area contributed by atoms with E-state index in [1.54, 1.807) is 23.6 Å². The zero-order valence-corrected chi connectivity index (χ0v) is 22.2. The van der Waals surface area contributed by atoms with Gasteiger partial charge in [-0.15, -0.1) is 5.10 Å². The van der Waals surface area contributed by atoms with E-state index >= 15 is 0 Å². The summed E-state index contributed by atoms with van der Waals surface area (Å²) in [6, 6.07) is 13.0. The maximum Gasteiger partial charge on any atom is 0.255 e. The van der Waals surface area contributed by atoms with Crippen LogP contribution in [0.5, 0.6) is 11.5 Å². The molecule has 8 nitrogen and oxygen atoms in total. The number of fused-ring (bicyclic) bond motifs is 1. The molecule has 0 spiro atoms. The average Bonchev–Trinajstić information content (AvgIpc) is 3.25. The Morgan fingerprint density at radius 1 is 1.17 bits per heavy atom. The van der Waals surface area contributed by atoms with Crippen molar-refractivity contribution in [1.29, 1.82) is 0 Å². The molecule has 0 fully saturated rings. The highest BCUT2D eigenvalue weighted by Crippen LogP contribution is 2.40. The largest absolute Gasteiger partial charge is 0.493 e. The minimum atomic E-state index is -0.497. The number of nitrogens with one attached hydrogen (secondary N) is 2. The lowest BCUT2D eigenvalue weighted by Gasteiger charge is -2.29. The third kappa shape index (κ3) is 5.51. The number of hydrogen-bond acceptors (Lipinski definition) is 7. The predicted octanol–water partition coefficient (Wildman–Crippen LogP) is 5.81. The lowest BCUT2D eigenvalue weighted by atomic mass is 9.94. The quantitative estimate of drug-likeness (QED) is 0.264. The molecule has 2 heterocycles. The van der Waals surface area contributed by atoms with Crippen molar-refractivity contribution in [2.45, 2.75) is 51.7 Å². The minimum absolute atomic E-state index is 0.205. The van der Waals surface area contributed by atoms with Gasteiger partial charge in [0.2, 0.25) is 11.1 Å². The number of amides is 1. The smallest absolute Gasteiger partial charge is 0.255 e. The maximum atomic E-state index is 13.7. The first-order valence-corrected chi connectivity index (χ1v) is 13.2. The molecule has 1 aliphatic heterocycles. The number of hydrogen-bond donors (Lipinski definition) is 2. The number of rotatable bonds is 10. The molecule has 2 N–H and O–H groups in total. The van der Waals surface area contributed by atoms with E-state index < -0.39 is 6.04 Å². The summed E-state index contributed by atoms with van der Waals surface area (Å²) in [6.07, 6.45) is 2.01. The molecule has 0 radical (unpaired) electrons. The monoisotopic (exact) mass is 507 g/mol. The van der Waals surface area contributed by atoms with Crippen molar-refractivity contribution >= 4 is 29.3 Å². The van der Waals surface area contributed by atoms with Crippen LogP contribution in [0.3, 0.4) is 0 Å². The van der Waals surface area contributed by atoms with Crippen molar-refractivity contribution in [2.75, 3.05) is 30.1 Å². The summed E-state index contributed by atoms with van der Waals surface area (Å²) in [5.41, 5.74) is 3.94. The summed E-state index contributed by atoms with van der Waals surface area (Å²) < 4.78 is 13.4. The van der Waals surface area contributed by atoms with Crippen LogP contribution in [-0.4, -0.2) is 40.1 Å². The van der Waals surface area contributed by atoms with Crippen LogP contribution in [0, 0.1) is 6.92 Å². The fourth-order valence-corrected chi connectivity index (χ4v) is 4.70. The number of ether oxygens (including phenoxy) is 2. The van der Waals surface area contributed by atoms with Crippen molar-refractivity contribution in [3.8, 4) is 11.5 Å². The molecule has 1 atom stereocenters. The molecule has 1 amide bonds. The zero-order chi connectivity index (χ0) is 25.7. The van der Waals surface area contributed by atoms with Gasteiger partial charge in [0, 0.05) is 11.4 Å². The summed E-state index contributed by atoms with van der Waals surface area (Å²) in [7, 11) is 1.62. The highest BCUT2D eigenvalue weighted by molar-refractivity contribution is 7.99. The Labute approximate surface area is 216 Å². The third-order valence-corrected chi connectivity index (χ3v) is 6.61. The molecule has 0 bridgehead atoms. The van der Waals surface area contributed by atoms with Gasteiger partial charge in [0.15, 0.2) is 11.5 Å². The summed E-state index contributed by atoms with van der Waals surface area (Å²) in [5.74, 6) is 2.53. The van der Waals surface area contributed by atoms with Crippen LogP contribution < -0.4 is 20.1 Å². The molecule has 0 saturated heterocycles. The normalized spacial score (nSPS) is 14.8. The molecule has 36 heavy (non-hydrogen) atoms. The molecular weight excluding hydrogens is 474 g/mol. The van der Waals surface area contributed by atoms with Crippen LogP contribution in [0.15, 0.2) is 58.9 Å².